The third kappa shape index (κ3) is 2.94. The summed E-state index contributed by atoms with van der Waals surface area (Å²) >= 11 is 0. The number of imidazole rings is 1. The van der Waals surface area contributed by atoms with Gasteiger partial charge in [-0.2, -0.15) is 0 Å². The first-order valence-electron chi connectivity index (χ1n) is 5.35. The van der Waals surface area contributed by atoms with Crippen molar-refractivity contribution in [2.75, 3.05) is 14.1 Å². The molecule has 16 heavy (non-hydrogen) atoms. The fraction of sp³-hybridized carbons (Fsp3) is 0.308. The normalized spacial score (nSPS) is 10.9. The minimum Gasteiger partial charge on any atom is -0.324 e. The van der Waals surface area contributed by atoms with Crippen LogP contribution >= 0.6 is 0 Å². The average molecular weight is 214 g/mol. The van der Waals surface area contributed by atoms with Crippen molar-refractivity contribution in [1.29, 1.82) is 0 Å². The van der Waals surface area contributed by atoms with Gasteiger partial charge in [-0.1, -0.05) is 24.3 Å². The number of hydrogen-bond donors (Lipinski definition) is 0. The summed E-state index contributed by atoms with van der Waals surface area (Å²) in [6.07, 6.45) is 6.57. The van der Waals surface area contributed by atoms with Crippen molar-refractivity contribution in [3.8, 4) is 0 Å². The molecule has 0 amide bonds. The molecule has 0 aliphatic heterocycles. The van der Waals surface area contributed by atoms with E-state index in [0.717, 1.165) is 13.1 Å². The van der Waals surface area contributed by atoms with Crippen LogP contribution in [0.25, 0.3) is 0 Å². The Morgan fingerprint density at radius 1 is 1.19 bits per heavy atom. The quantitative estimate of drug-likeness (QED) is 0.773. The highest BCUT2D eigenvalue weighted by Gasteiger charge is 1.97. The topological polar surface area (TPSA) is 21.1 Å². The predicted octanol–water partition coefficient (Wildman–Crippen LogP) is 1.79. The fourth-order valence-electron chi connectivity index (χ4n) is 1.65. The number of aromatic nitrogens is 2. The lowest BCUT2D eigenvalue weighted by molar-refractivity contribution is 0.402. The van der Waals surface area contributed by atoms with E-state index in [1.807, 2.05) is 10.8 Å². The van der Waals surface area contributed by atoms with Gasteiger partial charge in [-0.25, -0.2) is 4.98 Å². The number of benzene rings is 1. The van der Waals surface area contributed by atoms with Crippen molar-refractivity contribution in [2.45, 2.75) is 13.1 Å². The smallest absolute Gasteiger partial charge is 0.176 e. The van der Waals surface area contributed by atoms with Crippen LogP contribution in [0.4, 0.5) is 0 Å². The lowest BCUT2D eigenvalue weighted by atomic mass is 10.1. The van der Waals surface area contributed by atoms with E-state index in [-0.39, 0.29) is 0 Å². The van der Waals surface area contributed by atoms with Crippen molar-refractivity contribution in [2.24, 2.45) is 0 Å². The molecule has 0 fully saturated rings. The van der Waals surface area contributed by atoms with Crippen LogP contribution < -0.4 is 0 Å². The molecule has 0 aliphatic carbocycles. The summed E-state index contributed by atoms with van der Waals surface area (Å²) in [5, 5.41) is 0. The molecule has 1 aromatic carbocycles. The van der Waals surface area contributed by atoms with E-state index in [0.29, 0.717) is 0 Å². The van der Waals surface area contributed by atoms with E-state index in [1.54, 1.807) is 6.20 Å². The molecule has 1 heterocycles. The van der Waals surface area contributed by atoms with Crippen molar-refractivity contribution in [3.05, 3.63) is 54.1 Å². The van der Waals surface area contributed by atoms with Gasteiger partial charge in [-0.15, -0.1) is 0 Å². The monoisotopic (exact) mass is 214 g/mol. The van der Waals surface area contributed by atoms with Gasteiger partial charge in [0.15, 0.2) is 6.33 Å². The van der Waals surface area contributed by atoms with Crippen molar-refractivity contribution in [1.82, 2.24) is 14.5 Å². The van der Waals surface area contributed by atoms with Gasteiger partial charge in [-0.3, -0.25) is 0 Å². The molecule has 0 bridgehead atoms. The minimum atomic E-state index is 0.836. The first-order valence-corrected chi connectivity index (χ1v) is 5.35. The Labute approximate surface area is 96.3 Å². The summed E-state index contributed by atoms with van der Waals surface area (Å²) in [6.45, 7) is 1.82. The predicted molar refractivity (Wildman–Crippen MR) is 64.0 cm³/mol. The molecule has 0 N–H and O–H groups in total. The first kappa shape index (κ1) is 10.9. The van der Waals surface area contributed by atoms with E-state index in [9.17, 15) is 0 Å². The molecule has 1 radical (unpaired) electrons. The lowest BCUT2D eigenvalue weighted by Gasteiger charge is -2.10. The zero-order valence-corrected chi connectivity index (χ0v) is 9.72. The highest BCUT2D eigenvalue weighted by atomic mass is 15.0. The summed E-state index contributed by atoms with van der Waals surface area (Å²) in [6, 6.07) is 8.66. The number of hydrogen-bond acceptors (Lipinski definition) is 2. The van der Waals surface area contributed by atoms with Gasteiger partial charge < -0.3 is 9.47 Å². The molecule has 83 valence electrons. The Kier molecular flexibility index (Phi) is 3.37. The zero-order valence-electron chi connectivity index (χ0n) is 9.72. The minimum absolute atomic E-state index is 0.836. The number of rotatable bonds is 4. The van der Waals surface area contributed by atoms with Crippen LogP contribution in [-0.4, -0.2) is 28.5 Å². The summed E-state index contributed by atoms with van der Waals surface area (Å²) in [7, 11) is 4.16. The highest BCUT2D eigenvalue weighted by molar-refractivity contribution is 5.22. The maximum atomic E-state index is 3.91. The van der Waals surface area contributed by atoms with E-state index in [1.165, 1.54) is 11.1 Å². The van der Waals surface area contributed by atoms with Crippen LogP contribution in [0.3, 0.4) is 0 Å². The second-order valence-corrected chi connectivity index (χ2v) is 4.21. The van der Waals surface area contributed by atoms with E-state index in [2.05, 4.69) is 54.6 Å². The van der Waals surface area contributed by atoms with Crippen LogP contribution in [0, 0.1) is 6.33 Å². The van der Waals surface area contributed by atoms with Crippen LogP contribution in [0.5, 0.6) is 0 Å². The van der Waals surface area contributed by atoms with Gasteiger partial charge in [0.05, 0.1) is 0 Å². The molecular weight excluding hydrogens is 198 g/mol. The standard InChI is InChI=1S/C13H16N3/c1-15(2)9-12-3-5-13(6-4-12)10-16-8-7-14-11-16/h3-8H,9-10H2,1-2H3. The molecule has 0 unspecified atom stereocenters. The molecule has 0 saturated heterocycles. The van der Waals surface area contributed by atoms with Crippen LogP contribution in [0.1, 0.15) is 11.1 Å². The SMILES string of the molecule is CN(C)Cc1ccc(Cn2[c]ncc2)cc1. The van der Waals surface area contributed by atoms with Crippen LogP contribution in [0.15, 0.2) is 36.7 Å². The Balaban J connectivity index is 2.02. The van der Waals surface area contributed by atoms with Gasteiger partial charge in [0.1, 0.15) is 0 Å². The van der Waals surface area contributed by atoms with Crippen molar-refractivity contribution in [3.63, 3.8) is 0 Å². The van der Waals surface area contributed by atoms with Crippen LogP contribution in [-0.2, 0) is 13.1 Å². The van der Waals surface area contributed by atoms with E-state index < -0.39 is 0 Å². The Bertz CT molecular complexity index is 415. The molecule has 3 heteroatoms. The lowest BCUT2D eigenvalue weighted by Crippen LogP contribution is -2.10. The Hall–Kier alpha value is -1.61. The summed E-state index contributed by atoms with van der Waals surface area (Å²) in [4.78, 5) is 6.07. The molecular formula is C13H16N3. The molecule has 1 aromatic heterocycles. The third-order valence-electron chi connectivity index (χ3n) is 2.38. The van der Waals surface area contributed by atoms with Gasteiger partial charge in [0.25, 0.3) is 0 Å². The fourth-order valence-corrected chi connectivity index (χ4v) is 1.65. The molecule has 2 aromatic rings. The maximum absolute atomic E-state index is 3.91. The number of nitrogens with zero attached hydrogens (tertiary/aromatic N) is 3. The third-order valence-corrected chi connectivity index (χ3v) is 2.38. The molecule has 0 aliphatic rings. The largest absolute Gasteiger partial charge is 0.324 e. The van der Waals surface area contributed by atoms with Crippen LogP contribution in [0.2, 0.25) is 0 Å². The van der Waals surface area contributed by atoms with Crippen molar-refractivity contribution >= 4 is 0 Å². The molecule has 3 nitrogen and oxygen atoms in total. The van der Waals surface area contributed by atoms with Gasteiger partial charge >= 0.3 is 0 Å². The van der Waals surface area contributed by atoms with E-state index in [4.69, 9.17) is 0 Å². The van der Waals surface area contributed by atoms with Gasteiger partial charge in [0.2, 0.25) is 0 Å². The Morgan fingerprint density at radius 2 is 1.88 bits per heavy atom. The molecule has 0 spiro atoms. The zero-order chi connectivity index (χ0) is 11.4. The molecule has 0 atom stereocenters. The molecule has 0 saturated carbocycles. The summed E-state index contributed by atoms with van der Waals surface area (Å²) in [5.74, 6) is 0. The van der Waals surface area contributed by atoms with E-state index >= 15 is 0 Å². The Morgan fingerprint density at radius 3 is 2.44 bits per heavy atom. The highest BCUT2D eigenvalue weighted by Crippen LogP contribution is 2.07. The second-order valence-electron chi connectivity index (χ2n) is 4.21. The van der Waals surface area contributed by atoms with Crippen molar-refractivity contribution < 1.29 is 0 Å². The summed E-state index contributed by atoms with van der Waals surface area (Å²) < 4.78 is 1.95. The van der Waals surface area contributed by atoms with Gasteiger partial charge in [-0.05, 0) is 25.2 Å². The summed E-state index contributed by atoms with van der Waals surface area (Å²) in [5.41, 5.74) is 2.61. The molecule has 2 rings (SSSR count). The average Bonchev–Trinajstić information content (AvgIpc) is 2.73. The second kappa shape index (κ2) is 4.94. The first-order chi connectivity index (χ1) is 7.74. The van der Waals surface area contributed by atoms with Gasteiger partial charge in [0, 0.05) is 25.5 Å². The maximum Gasteiger partial charge on any atom is 0.176 e.